The topological polar surface area (TPSA) is 141 Å². The molecular formula is C18H20F5N7O3. The summed E-state index contributed by atoms with van der Waals surface area (Å²) in [6, 6.07) is 2.31. The van der Waals surface area contributed by atoms with E-state index < -0.39 is 42.2 Å². The van der Waals surface area contributed by atoms with Gasteiger partial charge in [-0.3, -0.25) is 14.3 Å². The number of rotatable bonds is 11. The van der Waals surface area contributed by atoms with Gasteiger partial charge in [-0.25, -0.2) is 14.6 Å². The number of hydrogen-bond donors (Lipinski definition) is 3. The maximum atomic E-state index is 14.1. The molecule has 0 radical (unpaired) electrons. The van der Waals surface area contributed by atoms with E-state index in [1.165, 1.54) is 10.9 Å². The van der Waals surface area contributed by atoms with E-state index in [9.17, 15) is 31.5 Å². The van der Waals surface area contributed by atoms with Crippen molar-refractivity contribution in [3.8, 4) is 5.75 Å². The number of amides is 1. The molecule has 0 aliphatic carbocycles. The van der Waals surface area contributed by atoms with Crippen LogP contribution in [0.1, 0.15) is 22.5 Å². The second-order valence-corrected chi connectivity index (χ2v) is 6.68. The zero-order valence-electron chi connectivity index (χ0n) is 16.9. The molecule has 0 fully saturated rings. The van der Waals surface area contributed by atoms with E-state index >= 15 is 0 Å². The first-order chi connectivity index (χ1) is 15.5. The van der Waals surface area contributed by atoms with Crippen LogP contribution in [-0.4, -0.2) is 51.3 Å². The van der Waals surface area contributed by atoms with E-state index in [-0.39, 0.29) is 30.8 Å². The van der Waals surface area contributed by atoms with Crippen LogP contribution in [0.5, 0.6) is 5.75 Å². The average Bonchev–Trinajstić information content (AvgIpc) is 3.19. The Morgan fingerprint density at radius 2 is 2.09 bits per heavy atom. The van der Waals surface area contributed by atoms with Crippen molar-refractivity contribution in [3.63, 3.8) is 0 Å². The predicted molar refractivity (Wildman–Crippen MR) is 103 cm³/mol. The number of aldehydes is 1. The summed E-state index contributed by atoms with van der Waals surface area (Å²) in [4.78, 5) is 22.6. The fraction of sp³-hybridized carbons (Fsp3) is 0.333. The fourth-order valence-corrected chi connectivity index (χ4v) is 2.52. The van der Waals surface area contributed by atoms with Gasteiger partial charge in [-0.1, -0.05) is 5.21 Å². The highest BCUT2D eigenvalue weighted by molar-refractivity contribution is 5.92. The lowest BCUT2D eigenvalue weighted by Crippen LogP contribution is -2.36. The molecule has 1 heterocycles. The normalized spacial score (nSPS) is 12.8. The zero-order valence-corrected chi connectivity index (χ0v) is 16.9. The smallest absolute Gasteiger partial charge is 0.406 e. The number of hydrogen-bond acceptors (Lipinski definition) is 8. The molecule has 0 saturated carbocycles. The summed E-state index contributed by atoms with van der Waals surface area (Å²) in [5.41, 5.74) is 4.95. The van der Waals surface area contributed by atoms with Crippen LogP contribution < -0.4 is 21.6 Å². The summed E-state index contributed by atoms with van der Waals surface area (Å²) in [6.45, 7) is -0.710. The first kappa shape index (κ1) is 25.5. The number of aromatic nitrogens is 3. The summed E-state index contributed by atoms with van der Waals surface area (Å²) in [7, 11) is 0. The number of carbonyl (C=O) groups is 2. The maximum absolute atomic E-state index is 14.1. The molecule has 15 heteroatoms. The van der Waals surface area contributed by atoms with E-state index in [1.54, 1.807) is 0 Å². The molecule has 0 spiro atoms. The summed E-state index contributed by atoms with van der Waals surface area (Å²) in [5.74, 6) is 3.17. The molecule has 1 atom stereocenters. The quantitative estimate of drug-likeness (QED) is 0.144. The lowest BCUT2D eigenvalue weighted by atomic mass is 10.2. The molecule has 0 bridgehead atoms. The standard InChI is InChI=1S/C18H20F5N7O3/c19-12(3-4-30-8-13(10-31)27-28-30)7-29(25)9-16(24)17(32)26-6-11-5-14(1-2-15(11)20)33-18(21,22)23/h1-2,5,8-10,12H,3-4,6-7,24-25H2,(H,26,32)/b16-9-. The molecule has 0 aliphatic heterocycles. The third-order valence-electron chi connectivity index (χ3n) is 4.01. The molecule has 1 aromatic carbocycles. The predicted octanol–water partition coefficient (Wildman–Crippen LogP) is 1.15. The van der Waals surface area contributed by atoms with Crippen molar-refractivity contribution in [1.82, 2.24) is 25.3 Å². The lowest BCUT2D eigenvalue weighted by Gasteiger charge is -2.17. The molecule has 1 aromatic heterocycles. The van der Waals surface area contributed by atoms with Crippen LogP contribution in [0.3, 0.4) is 0 Å². The number of nitrogens with one attached hydrogen (secondary N) is 1. The van der Waals surface area contributed by atoms with Gasteiger partial charge in [0.05, 0.1) is 12.7 Å². The van der Waals surface area contributed by atoms with E-state index in [1.807, 2.05) is 0 Å². The minimum absolute atomic E-state index is 0.0229. The van der Waals surface area contributed by atoms with Crippen LogP contribution in [0.15, 0.2) is 36.3 Å². The monoisotopic (exact) mass is 477 g/mol. The molecule has 0 aliphatic rings. The van der Waals surface area contributed by atoms with Gasteiger partial charge in [0.2, 0.25) is 0 Å². The molecular weight excluding hydrogens is 457 g/mol. The first-order valence-electron chi connectivity index (χ1n) is 9.27. The van der Waals surface area contributed by atoms with Gasteiger partial charge in [-0.2, -0.15) is 0 Å². The first-order valence-corrected chi connectivity index (χ1v) is 9.27. The molecule has 0 saturated heterocycles. The van der Waals surface area contributed by atoms with Gasteiger partial charge < -0.3 is 20.8 Å². The second kappa shape index (κ2) is 11.2. The Balaban J connectivity index is 1.84. The molecule has 10 nitrogen and oxygen atoms in total. The van der Waals surface area contributed by atoms with Gasteiger partial charge >= 0.3 is 6.36 Å². The molecule has 2 aromatic rings. The van der Waals surface area contributed by atoms with Crippen molar-refractivity contribution >= 4 is 12.2 Å². The van der Waals surface area contributed by atoms with Crippen molar-refractivity contribution in [1.29, 1.82) is 0 Å². The van der Waals surface area contributed by atoms with Gasteiger partial charge in [-0.05, 0) is 18.2 Å². The van der Waals surface area contributed by atoms with Crippen molar-refractivity contribution < 1.29 is 36.3 Å². The van der Waals surface area contributed by atoms with Crippen LogP contribution in [0.2, 0.25) is 0 Å². The highest BCUT2D eigenvalue weighted by atomic mass is 19.4. The van der Waals surface area contributed by atoms with E-state index in [0.29, 0.717) is 6.29 Å². The number of alkyl halides is 4. The molecule has 1 unspecified atom stereocenters. The third-order valence-corrected chi connectivity index (χ3v) is 4.01. The zero-order chi connectivity index (χ0) is 24.6. The Morgan fingerprint density at radius 1 is 1.36 bits per heavy atom. The molecule has 1 amide bonds. The summed E-state index contributed by atoms with van der Waals surface area (Å²) in [6.07, 6.45) is -3.64. The Bertz CT molecular complexity index is 996. The average molecular weight is 477 g/mol. The number of nitrogens with zero attached hydrogens (tertiary/aromatic N) is 4. The van der Waals surface area contributed by atoms with Crippen LogP contribution >= 0.6 is 0 Å². The van der Waals surface area contributed by atoms with Crippen molar-refractivity contribution in [3.05, 3.63) is 53.4 Å². The van der Waals surface area contributed by atoms with Gasteiger partial charge in [0, 0.05) is 31.3 Å². The van der Waals surface area contributed by atoms with Crippen molar-refractivity contribution in [2.45, 2.75) is 32.0 Å². The minimum atomic E-state index is -4.96. The van der Waals surface area contributed by atoms with Crippen LogP contribution in [0.25, 0.3) is 0 Å². The number of halogens is 5. The van der Waals surface area contributed by atoms with E-state index in [4.69, 9.17) is 11.6 Å². The summed E-state index contributed by atoms with van der Waals surface area (Å²) < 4.78 is 69.7. The van der Waals surface area contributed by atoms with Crippen LogP contribution in [0, 0.1) is 5.82 Å². The van der Waals surface area contributed by atoms with Crippen molar-refractivity contribution in [2.75, 3.05) is 6.54 Å². The molecule has 2 rings (SSSR count). The Labute approximate surface area is 183 Å². The second-order valence-electron chi connectivity index (χ2n) is 6.68. The van der Waals surface area contributed by atoms with Gasteiger partial charge in [0.15, 0.2) is 6.29 Å². The number of ether oxygens (including phenoxy) is 1. The maximum Gasteiger partial charge on any atom is 0.573 e. The number of benzene rings is 1. The van der Waals surface area contributed by atoms with E-state index in [0.717, 1.165) is 29.4 Å². The SMILES string of the molecule is N/C(=C\N(N)CC(F)CCn1cc(C=O)nn1)C(=O)NCc1cc(OC(F)(F)F)ccc1F. The van der Waals surface area contributed by atoms with Crippen molar-refractivity contribution in [2.24, 2.45) is 11.6 Å². The summed E-state index contributed by atoms with van der Waals surface area (Å²) >= 11 is 0. The number of nitrogens with two attached hydrogens (primary N) is 2. The van der Waals surface area contributed by atoms with Crippen LogP contribution in [0.4, 0.5) is 22.0 Å². The number of carbonyl (C=O) groups excluding carboxylic acids is 2. The van der Waals surface area contributed by atoms with Crippen LogP contribution in [-0.2, 0) is 17.9 Å². The lowest BCUT2D eigenvalue weighted by molar-refractivity contribution is -0.274. The van der Waals surface area contributed by atoms with Gasteiger partial charge in [0.1, 0.15) is 29.1 Å². The number of aryl methyl sites for hydroxylation is 1. The largest absolute Gasteiger partial charge is 0.573 e. The van der Waals surface area contributed by atoms with Gasteiger partial charge in [-0.15, -0.1) is 18.3 Å². The molecule has 33 heavy (non-hydrogen) atoms. The summed E-state index contributed by atoms with van der Waals surface area (Å²) in [5, 5.41) is 10.2. The number of hydrazine groups is 1. The van der Waals surface area contributed by atoms with E-state index in [2.05, 4.69) is 20.4 Å². The minimum Gasteiger partial charge on any atom is -0.406 e. The third kappa shape index (κ3) is 8.72. The Hall–Kier alpha value is -3.75. The molecule has 180 valence electrons. The Morgan fingerprint density at radius 3 is 2.73 bits per heavy atom. The highest BCUT2D eigenvalue weighted by Crippen LogP contribution is 2.24. The van der Waals surface area contributed by atoms with Gasteiger partial charge in [0.25, 0.3) is 5.91 Å². The fourth-order valence-electron chi connectivity index (χ4n) is 2.52. The molecule has 5 N–H and O–H groups in total. The highest BCUT2D eigenvalue weighted by Gasteiger charge is 2.31. The Kier molecular flexibility index (Phi) is 8.67.